The molecule has 1 aromatic heterocycles. The Kier molecular flexibility index (Phi) is 7.56. The zero-order chi connectivity index (χ0) is 28.3. The van der Waals surface area contributed by atoms with E-state index in [4.69, 9.17) is 9.47 Å². The van der Waals surface area contributed by atoms with Crippen molar-refractivity contribution in [3.05, 3.63) is 114 Å². The van der Waals surface area contributed by atoms with Crippen molar-refractivity contribution in [3.63, 3.8) is 0 Å². The lowest BCUT2D eigenvalue weighted by Crippen LogP contribution is -2.07. The average Bonchev–Trinajstić information content (AvgIpc) is 2.95. The second kappa shape index (κ2) is 11.2. The number of carbonyl (C=O) groups excluding carboxylic acids is 1. The quantitative estimate of drug-likeness (QED) is 0.153. The number of carbonyl (C=O) groups is 1. The van der Waals surface area contributed by atoms with Crippen molar-refractivity contribution in [1.29, 1.82) is 0 Å². The molecule has 0 aliphatic heterocycles. The van der Waals surface area contributed by atoms with Crippen LogP contribution in [0.2, 0.25) is 0 Å². The number of aryl methyl sites for hydroxylation is 1. The molecule has 202 valence electrons. The van der Waals surface area contributed by atoms with Crippen LogP contribution in [0.15, 0.2) is 97.2 Å². The fourth-order valence-corrected chi connectivity index (χ4v) is 4.76. The molecule has 0 saturated heterocycles. The van der Waals surface area contributed by atoms with E-state index in [0.717, 1.165) is 28.3 Å². The molecule has 40 heavy (non-hydrogen) atoms. The molecule has 0 fully saturated rings. The van der Waals surface area contributed by atoms with E-state index in [0.29, 0.717) is 34.4 Å². The number of aromatic nitrogens is 1. The van der Waals surface area contributed by atoms with Crippen molar-refractivity contribution in [2.24, 2.45) is 0 Å². The molecule has 0 bridgehead atoms. The second-order valence-electron chi connectivity index (χ2n) is 9.32. The minimum Gasteiger partial charge on any atom is -0.489 e. The second-order valence-corrected chi connectivity index (χ2v) is 9.32. The number of benzene rings is 4. The Morgan fingerprint density at radius 2 is 1.62 bits per heavy atom. The highest BCUT2D eigenvalue weighted by atomic mass is 19.4. The van der Waals surface area contributed by atoms with Gasteiger partial charge in [0.05, 0.1) is 11.1 Å². The Morgan fingerprint density at radius 1 is 0.875 bits per heavy atom. The molecule has 7 heteroatoms. The van der Waals surface area contributed by atoms with Crippen molar-refractivity contribution >= 4 is 16.9 Å². The van der Waals surface area contributed by atoms with E-state index in [1.165, 1.54) is 19.2 Å². The van der Waals surface area contributed by atoms with Crippen molar-refractivity contribution in [3.8, 4) is 33.8 Å². The summed E-state index contributed by atoms with van der Waals surface area (Å²) in [5.74, 6) is 0.712. The number of rotatable bonds is 7. The van der Waals surface area contributed by atoms with E-state index < -0.39 is 11.7 Å². The first-order chi connectivity index (χ1) is 19.2. The van der Waals surface area contributed by atoms with Gasteiger partial charge in [0.2, 0.25) is 0 Å². The highest BCUT2D eigenvalue weighted by Crippen LogP contribution is 2.42. The smallest absolute Gasteiger partial charge is 0.418 e. The van der Waals surface area contributed by atoms with Gasteiger partial charge in [-0.15, -0.1) is 0 Å². The normalized spacial score (nSPS) is 11.4. The molecule has 0 aliphatic rings. The van der Waals surface area contributed by atoms with Gasteiger partial charge in [-0.3, -0.25) is 9.78 Å². The molecule has 4 aromatic carbocycles. The largest absolute Gasteiger partial charge is 0.489 e. The highest BCUT2D eigenvalue weighted by Gasteiger charge is 2.33. The number of nitrogens with zero attached hydrogens (tertiary/aromatic N) is 1. The molecule has 5 aromatic rings. The number of fused-ring (bicyclic) bond motifs is 1. The molecule has 0 N–H and O–H groups in total. The molecule has 5 rings (SSSR count). The number of para-hydroxylation sites is 1. The predicted molar refractivity (Wildman–Crippen MR) is 149 cm³/mol. The Labute approximate surface area is 230 Å². The van der Waals surface area contributed by atoms with Gasteiger partial charge in [0, 0.05) is 29.6 Å². The summed E-state index contributed by atoms with van der Waals surface area (Å²) in [6, 6.07) is 26.4. The number of alkyl halides is 3. The number of hydrogen-bond acceptors (Lipinski definition) is 4. The van der Waals surface area contributed by atoms with E-state index in [9.17, 15) is 18.0 Å². The summed E-state index contributed by atoms with van der Waals surface area (Å²) in [5, 5.41) is 0.405. The number of hydrogen-bond donors (Lipinski definition) is 0. The molecule has 1 heterocycles. The molecule has 0 radical (unpaired) electrons. The van der Waals surface area contributed by atoms with Crippen LogP contribution in [0.5, 0.6) is 11.5 Å². The summed E-state index contributed by atoms with van der Waals surface area (Å²) in [6.07, 6.45) is -2.35. The van der Waals surface area contributed by atoms with Crippen LogP contribution in [0.25, 0.3) is 33.2 Å². The maximum atomic E-state index is 13.9. The SMILES string of the molecule is CCc1cc(COc2cccc(-c3c(-c4ccccc4)cnc4c(C(F)(F)F)cccc34)c2)ccc1OC(C)=O. The molecule has 0 aliphatic carbocycles. The number of halogens is 3. The van der Waals surface area contributed by atoms with Gasteiger partial charge in [0.15, 0.2) is 0 Å². The average molecular weight is 542 g/mol. The van der Waals surface area contributed by atoms with Crippen molar-refractivity contribution in [1.82, 2.24) is 4.98 Å². The lowest BCUT2D eigenvalue weighted by molar-refractivity contribution is -0.136. The van der Waals surface area contributed by atoms with Crippen molar-refractivity contribution in [2.75, 3.05) is 0 Å². The summed E-state index contributed by atoms with van der Waals surface area (Å²) in [7, 11) is 0. The van der Waals surface area contributed by atoms with Crippen LogP contribution in [-0.4, -0.2) is 11.0 Å². The Bertz CT molecular complexity index is 1680. The molecule has 0 amide bonds. The zero-order valence-corrected chi connectivity index (χ0v) is 22.0. The summed E-state index contributed by atoms with van der Waals surface area (Å²) in [4.78, 5) is 15.7. The molecule has 0 spiro atoms. The summed E-state index contributed by atoms with van der Waals surface area (Å²) in [6.45, 7) is 3.60. The van der Waals surface area contributed by atoms with Gasteiger partial charge in [-0.25, -0.2) is 0 Å². The lowest BCUT2D eigenvalue weighted by atomic mass is 9.91. The first kappa shape index (κ1) is 26.9. The molecular formula is C33H26F3NO3. The van der Waals surface area contributed by atoms with E-state index in [1.807, 2.05) is 73.7 Å². The highest BCUT2D eigenvalue weighted by molar-refractivity contribution is 6.03. The number of pyridine rings is 1. The Morgan fingerprint density at radius 3 is 2.35 bits per heavy atom. The van der Waals surface area contributed by atoms with Gasteiger partial charge in [0.1, 0.15) is 18.1 Å². The van der Waals surface area contributed by atoms with Crippen LogP contribution >= 0.6 is 0 Å². The third-order valence-corrected chi connectivity index (χ3v) is 6.58. The van der Waals surface area contributed by atoms with E-state index in [-0.39, 0.29) is 18.1 Å². The molecule has 4 nitrogen and oxygen atoms in total. The van der Waals surface area contributed by atoms with E-state index >= 15 is 0 Å². The van der Waals surface area contributed by atoms with Crippen LogP contribution in [-0.2, 0) is 24.0 Å². The maximum Gasteiger partial charge on any atom is 0.418 e. The third kappa shape index (κ3) is 5.69. The van der Waals surface area contributed by atoms with Crippen molar-refractivity contribution in [2.45, 2.75) is 33.1 Å². The topological polar surface area (TPSA) is 48.4 Å². The van der Waals surface area contributed by atoms with Crippen molar-refractivity contribution < 1.29 is 27.4 Å². The van der Waals surface area contributed by atoms with Gasteiger partial charge in [-0.2, -0.15) is 13.2 Å². The fraction of sp³-hybridized carbons (Fsp3) is 0.152. The van der Waals surface area contributed by atoms with Gasteiger partial charge in [-0.1, -0.05) is 67.6 Å². The van der Waals surface area contributed by atoms with Gasteiger partial charge >= 0.3 is 12.1 Å². The standard InChI is InChI=1S/C33H26F3NO3/c1-3-23-17-22(15-16-30(23)40-21(2)38)20-39-26-12-7-11-25(18-26)31-27-13-8-14-29(33(34,35)36)32(27)37-19-28(31)24-9-5-4-6-10-24/h4-19H,3,20H2,1-2H3. The Hall–Kier alpha value is -4.65. The summed E-state index contributed by atoms with van der Waals surface area (Å²) in [5.41, 5.74) is 3.83. The number of esters is 1. The Balaban J connectivity index is 1.55. The maximum absolute atomic E-state index is 13.9. The van der Waals surface area contributed by atoms with Crippen LogP contribution in [0, 0.1) is 0 Å². The van der Waals surface area contributed by atoms with Gasteiger partial charge in [0.25, 0.3) is 0 Å². The van der Waals surface area contributed by atoms with Crippen LogP contribution in [0.3, 0.4) is 0 Å². The van der Waals surface area contributed by atoms with Crippen LogP contribution < -0.4 is 9.47 Å². The van der Waals surface area contributed by atoms with Crippen LogP contribution in [0.4, 0.5) is 13.2 Å². The minimum absolute atomic E-state index is 0.101. The fourth-order valence-electron chi connectivity index (χ4n) is 4.76. The van der Waals surface area contributed by atoms with E-state index in [2.05, 4.69) is 4.98 Å². The number of ether oxygens (including phenoxy) is 2. The summed E-state index contributed by atoms with van der Waals surface area (Å²) >= 11 is 0. The third-order valence-electron chi connectivity index (χ3n) is 6.58. The minimum atomic E-state index is -4.54. The first-order valence-electron chi connectivity index (χ1n) is 12.8. The monoisotopic (exact) mass is 541 g/mol. The van der Waals surface area contributed by atoms with Gasteiger partial charge < -0.3 is 9.47 Å². The lowest BCUT2D eigenvalue weighted by Gasteiger charge is -2.17. The zero-order valence-electron chi connectivity index (χ0n) is 22.0. The first-order valence-corrected chi connectivity index (χ1v) is 12.8. The summed E-state index contributed by atoms with van der Waals surface area (Å²) < 4.78 is 53.0. The van der Waals surface area contributed by atoms with Gasteiger partial charge in [-0.05, 0) is 59.0 Å². The molecule has 0 saturated carbocycles. The molecule has 0 atom stereocenters. The van der Waals surface area contributed by atoms with E-state index in [1.54, 1.807) is 12.1 Å². The predicted octanol–water partition coefficient (Wildman–Crippen LogP) is 8.65. The molecule has 0 unspecified atom stereocenters. The van der Waals surface area contributed by atoms with Crippen LogP contribution in [0.1, 0.15) is 30.5 Å². The molecular weight excluding hydrogens is 515 g/mol.